The smallest absolute Gasteiger partial charge is 0.191 e. The highest BCUT2D eigenvalue weighted by atomic mass is 127. The number of hydrogen-bond acceptors (Lipinski definition) is 5. The summed E-state index contributed by atoms with van der Waals surface area (Å²) in [6.07, 6.45) is 3.45. The van der Waals surface area contributed by atoms with Crippen molar-refractivity contribution in [3.63, 3.8) is 0 Å². The zero-order chi connectivity index (χ0) is 19.1. The summed E-state index contributed by atoms with van der Waals surface area (Å²) < 4.78 is 7.74. The third-order valence-corrected chi connectivity index (χ3v) is 5.42. The Morgan fingerprint density at radius 1 is 1.14 bits per heavy atom. The second kappa shape index (κ2) is 11.9. The van der Waals surface area contributed by atoms with E-state index in [4.69, 9.17) is 9.73 Å². The van der Waals surface area contributed by atoms with Gasteiger partial charge in [0.15, 0.2) is 11.8 Å². The number of guanidine groups is 1. The third-order valence-electron chi connectivity index (χ3n) is 5.42. The summed E-state index contributed by atoms with van der Waals surface area (Å²) in [5.74, 6) is 3.50. The molecule has 8 nitrogen and oxygen atoms in total. The number of fused-ring (bicyclic) bond motifs is 1. The molecule has 2 aliphatic heterocycles. The lowest BCUT2D eigenvalue weighted by Crippen LogP contribution is -2.52. The van der Waals surface area contributed by atoms with Crippen LogP contribution in [0.15, 0.2) is 4.99 Å². The zero-order valence-electron chi connectivity index (χ0n) is 17.5. The first-order valence-corrected chi connectivity index (χ1v) is 10.4. The van der Waals surface area contributed by atoms with E-state index in [1.165, 1.54) is 12.8 Å². The van der Waals surface area contributed by atoms with Crippen LogP contribution in [0.25, 0.3) is 0 Å². The molecular formula is C19H36IN7O. The second-order valence-corrected chi connectivity index (χ2v) is 7.68. The van der Waals surface area contributed by atoms with Gasteiger partial charge in [0.25, 0.3) is 0 Å². The Hall–Kier alpha value is -0.940. The van der Waals surface area contributed by atoms with E-state index in [2.05, 4.69) is 51.1 Å². The van der Waals surface area contributed by atoms with Gasteiger partial charge in [-0.05, 0) is 25.7 Å². The van der Waals surface area contributed by atoms with Gasteiger partial charge in [-0.25, -0.2) is 4.99 Å². The first-order chi connectivity index (χ1) is 13.2. The largest absolute Gasteiger partial charge is 0.379 e. The molecule has 3 heterocycles. The van der Waals surface area contributed by atoms with Crippen molar-refractivity contribution in [2.45, 2.75) is 59.2 Å². The highest BCUT2D eigenvalue weighted by molar-refractivity contribution is 14.0. The van der Waals surface area contributed by atoms with Crippen LogP contribution in [-0.4, -0.2) is 71.1 Å². The highest BCUT2D eigenvalue weighted by Crippen LogP contribution is 2.15. The summed E-state index contributed by atoms with van der Waals surface area (Å²) >= 11 is 0. The number of nitrogens with zero attached hydrogens (tertiary/aromatic N) is 5. The number of ether oxygens (including phenoxy) is 1. The third kappa shape index (κ3) is 6.28. The Bertz CT molecular complexity index is 613. The Labute approximate surface area is 185 Å². The molecule has 1 fully saturated rings. The topological polar surface area (TPSA) is 79.6 Å². The zero-order valence-corrected chi connectivity index (χ0v) is 19.8. The fourth-order valence-corrected chi connectivity index (χ4v) is 3.87. The number of aliphatic imine (C=N–C) groups is 1. The summed E-state index contributed by atoms with van der Waals surface area (Å²) in [4.78, 5) is 7.30. The molecule has 0 amide bonds. The number of morpholine rings is 1. The fourth-order valence-electron chi connectivity index (χ4n) is 3.87. The average Bonchev–Trinajstić information content (AvgIpc) is 3.10. The van der Waals surface area contributed by atoms with Crippen molar-refractivity contribution in [1.29, 1.82) is 0 Å². The standard InChI is InChI=1S/C19H35N7O.HI/c1-4-20-19(21-13-16(15(2)3)25-9-11-27-12-10-25)22-14-18-24-23-17-7-5-6-8-26(17)18;/h15-16H,4-14H2,1-3H3,(H2,20,21,22);1H. The van der Waals surface area contributed by atoms with Crippen LogP contribution in [-0.2, 0) is 24.2 Å². The van der Waals surface area contributed by atoms with Crippen LogP contribution in [0.4, 0.5) is 0 Å². The van der Waals surface area contributed by atoms with Gasteiger partial charge < -0.3 is 19.9 Å². The summed E-state index contributed by atoms with van der Waals surface area (Å²) in [5.41, 5.74) is 0. The van der Waals surface area contributed by atoms with Crippen molar-refractivity contribution in [2.75, 3.05) is 39.4 Å². The summed E-state index contributed by atoms with van der Waals surface area (Å²) in [7, 11) is 0. The first kappa shape index (κ1) is 23.3. The summed E-state index contributed by atoms with van der Waals surface area (Å²) in [6, 6.07) is 0.471. The van der Waals surface area contributed by atoms with E-state index in [9.17, 15) is 0 Å². The second-order valence-electron chi connectivity index (χ2n) is 7.68. The Morgan fingerprint density at radius 3 is 2.64 bits per heavy atom. The van der Waals surface area contributed by atoms with E-state index in [1.54, 1.807) is 0 Å². The van der Waals surface area contributed by atoms with Gasteiger partial charge in [0.05, 0.1) is 13.2 Å². The van der Waals surface area contributed by atoms with Crippen LogP contribution >= 0.6 is 24.0 Å². The Kier molecular flexibility index (Phi) is 9.93. The van der Waals surface area contributed by atoms with Crippen LogP contribution in [0.5, 0.6) is 0 Å². The average molecular weight is 505 g/mol. The van der Waals surface area contributed by atoms with E-state index in [0.717, 1.165) is 70.0 Å². The predicted octanol–water partition coefficient (Wildman–Crippen LogP) is 1.64. The van der Waals surface area contributed by atoms with Gasteiger partial charge in [-0.1, -0.05) is 13.8 Å². The molecule has 3 rings (SSSR count). The number of aromatic nitrogens is 3. The lowest BCUT2D eigenvalue weighted by molar-refractivity contribution is 0.00752. The molecule has 2 N–H and O–H groups in total. The molecule has 160 valence electrons. The van der Waals surface area contributed by atoms with Crippen molar-refractivity contribution in [3.8, 4) is 0 Å². The quantitative estimate of drug-likeness (QED) is 0.334. The maximum atomic E-state index is 5.51. The number of rotatable bonds is 7. The molecule has 1 saturated heterocycles. The molecule has 2 aliphatic rings. The SMILES string of the molecule is CCNC(=NCc1nnc2n1CCCC2)NCC(C(C)C)N1CCOCC1.I. The van der Waals surface area contributed by atoms with Crippen molar-refractivity contribution in [1.82, 2.24) is 30.3 Å². The molecule has 28 heavy (non-hydrogen) atoms. The molecule has 0 radical (unpaired) electrons. The van der Waals surface area contributed by atoms with Gasteiger partial charge in [-0.3, -0.25) is 4.90 Å². The van der Waals surface area contributed by atoms with Gasteiger partial charge >= 0.3 is 0 Å². The minimum Gasteiger partial charge on any atom is -0.379 e. The fraction of sp³-hybridized carbons (Fsp3) is 0.842. The van der Waals surface area contributed by atoms with Crippen LogP contribution in [0.1, 0.15) is 45.3 Å². The van der Waals surface area contributed by atoms with Crippen LogP contribution in [0, 0.1) is 5.92 Å². The molecule has 9 heteroatoms. The predicted molar refractivity (Wildman–Crippen MR) is 122 cm³/mol. The Balaban J connectivity index is 0.00000280. The van der Waals surface area contributed by atoms with Gasteiger partial charge in [0.2, 0.25) is 0 Å². The maximum absolute atomic E-state index is 5.51. The van der Waals surface area contributed by atoms with E-state index in [1.807, 2.05) is 0 Å². The van der Waals surface area contributed by atoms with E-state index in [0.29, 0.717) is 18.5 Å². The van der Waals surface area contributed by atoms with Gasteiger partial charge in [-0.2, -0.15) is 0 Å². The Morgan fingerprint density at radius 2 is 1.93 bits per heavy atom. The lowest BCUT2D eigenvalue weighted by Gasteiger charge is -2.37. The summed E-state index contributed by atoms with van der Waals surface area (Å²) in [5, 5.41) is 15.6. The van der Waals surface area contributed by atoms with Crippen molar-refractivity contribution in [3.05, 3.63) is 11.6 Å². The molecule has 1 aromatic rings. The first-order valence-electron chi connectivity index (χ1n) is 10.4. The number of nitrogens with one attached hydrogen (secondary N) is 2. The van der Waals surface area contributed by atoms with Crippen molar-refractivity contribution in [2.24, 2.45) is 10.9 Å². The van der Waals surface area contributed by atoms with E-state index < -0.39 is 0 Å². The number of aryl methyl sites for hydroxylation is 1. The number of halogens is 1. The molecule has 0 aliphatic carbocycles. The molecule has 0 bridgehead atoms. The minimum absolute atomic E-state index is 0. The van der Waals surface area contributed by atoms with Crippen LogP contribution in [0.3, 0.4) is 0 Å². The van der Waals surface area contributed by atoms with E-state index >= 15 is 0 Å². The molecule has 1 unspecified atom stereocenters. The molecule has 1 aromatic heterocycles. The molecular weight excluding hydrogens is 469 g/mol. The lowest BCUT2D eigenvalue weighted by atomic mass is 10.0. The van der Waals surface area contributed by atoms with Gasteiger partial charge in [-0.15, -0.1) is 34.2 Å². The molecule has 0 aromatic carbocycles. The van der Waals surface area contributed by atoms with Gasteiger partial charge in [0, 0.05) is 45.2 Å². The molecule has 0 saturated carbocycles. The van der Waals surface area contributed by atoms with Crippen molar-refractivity contribution >= 4 is 29.9 Å². The molecule has 1 atom stereocenters. The highest BCUT2D eigenvalue weighted by Gasteiger charge is 2.24. The number of hydrogen-bond donors (Lipinski definition) is 2. The monoisotopic (exact) mass is 505 g/mol. The minimum atomic E-state index is 0. The van der Waals surface area contributed by atoms with Gasteiger partial charge in [0.1, 0.15) is 12.4 Å². The van der Waals surface area contributed by atoms with Crippen molar-refractivity contribution < 1.29 is 4.74 Å². The van der Waals surface area contributed by atoms with E-state index in [-0.39, 0.29) is 24.0 Å². The van der Waals surface area contributed by atoms with Crippen LogP contribution in [0.2, 0.25) is 0 Å². The normalized spacial score (nSPS) is 19.1. The molecule has 0 spiro atoms. The maximum Gasteiger partial charge on any atom is 0.191 e. The van der Waals surface area contributed by atoms with Crippen LogP contribution < -0.4 is 10.6 Å². The summed E-state index contributed by atoms with van der Waals surface area (Å²) in [6.45, 7) is 13.6.